The van der Waals surface area contributed by atoms with Gasteiger partial charge in [0.1, 0.15) is 17.6 Å². The van der Waals surface area contributed by atoms with E-state index in [0.29, 0.717) is 28.9 Å². The molecule has 0 N–H and O–H groups in total. The monoisotopic (exact) mass is 365 g/mol. The molecule has 1 heterocycles. The number of carbonyl (C=O) groups is 2. The van der Waals surface area contributed by atoms with Crippen molar-refractivity contribution >= 4 is 23.5 Å². The fourth-order valence-corrected chi connectivity index (χ4v) is 2.82. The summed E-state index contributed by atoms with van der Waals surface area (Å²) in [7, 11) is 0. The number of para-hydroxylation sites is 1. The van der Waals surface area contributed by atoms with E-state index in [4.69, 9.17) is 21.1 Å². The van der Waals surface area contributed by atoms with E-state index in [1.807, 2.05) is 0 Å². The lowest BCUT2D eigenvalue weighted by molar-refractivity contribution is -0.153. The Balaban J connectivity index is 2.11. The Labute approximate surface area is 153 Å². The van der Waals surface area contributed by atoms with Crippen molar-refractivity contribution in [1.29, 1.82) is 0 Å². The summed E-state index contributed by atoms with van der Waals surface area (Å²) in [6.07, 6.45) is 2.90. The zero-order valence-electron chi connectivity index (χ0n) is 14.8. The van der Waals surface area contributed by atoms with E-state index in [1.54, 1.807) is 31.2 Å². The maximum Gasteiger partial charge on any atom is 0.328 e. The number of amides is 1. The molecule has 136 valence electrons. The van der Waals surface area contributed by atoms with Crippen molar-refractivity contribution in [3.8, 4) is 5.75 Å². The third-order valence-corrected chi connectivity index (χ3v) is 4.54. The van der Waals surface area contributed by atoms with Crippen LogP contribution >= 0.6 is 11.6 Å². The first kappa shape index (κ1) is 19.3. The molecule has 0 fully saturated rings. The van der Waals surface area contributed by atoms with Gasteiger partial charge in [0.2, 0.25) is 0 Å². The molecule has 6 heteroatoms. The number of ether oxygens (including phenoxy) is 2. The Morgan fingerprint density at radius 3 is 2.68 bits per heavy atom. The minimum absolute atomic E-state index is 0.226. The minimum Gasteiger partial charge on any atom is -0.464 e. The van der Waals surface area contributed by atoms with Gasteiger partial charge in [-0.15, -0.1) is 0 Å². The number of rotatable bonds is 8. The molecule has 1 aromatic rings. The number of hydrogen-bond acceptors (Lipinski definition) is 4. The van der Waals surface area contributed by atoms with Gasteiger partial charge >= 0.3 is 5.97 Å². The van der Waals surface area contributed by atoms with Crippen LogP contribution in [0.2, 0.25) is 5.02 Å². The average Bonchev–Trinajstić information content (AvgIpc) is 2.94. The van der Waals surface area contributed by atoms with Gasteiger partial charge in [-0.25, -0.2) is 4.79 Å². The molecule has 0 spiro atoms. The van der Waals surface area contributed by atoms with Gasteiger partial charge in [0.05, 0.1) is 18.2 Å². The smallest absolute Gasteiger partial charge is 0.328 e. The van der Waals surface area contributed by atoms with Crippen molar-refractivity contribution in [1.82, 2.24) is 4.90 Å². The maximum atomic E-state index is 12.4. The summed E-state index contributed by atoms with van der Waals surface area (Å²) in [6, 6.07) is 6.46. The van der Waals surface area contributed by atoms with Gasteiger partial charge in [-0.05, 0) is 31.4 Å². The summed E-state index contributed by atoms with van der Waals surface area (Å²) >= 11 is 6.09. The lowest BCUT2D eigenvalue weighted by Crippen LogP contribution is -2.44. The molecular weight excluding hydrogens is 342 g/mol. The SMILES string of the molecule is CCOC(=O)[C@H](CC(C)CC)N1CC(Oc2ccccc2Cl)=CC1=O. The van der Waals surface area contributed by atoms with E-state index in [1.165, 1.54) is 11.0 Å². The van der Waals surface area contributed by atoms with Crippen molar-refractivity contribution in [2.24, 2.45) is 5.92 Å². The number of carbonyl (C=O) groups excluding carboxylic acids is 2. The fraction of sp³-hybridized carbons (Fsp3) is 0.474. The standard InChI is InChI=1S/C19H24ClNO4/c1-4-13(3)10-16(19(23)24-5-2)21-12-14(11-18(21)22)25-17-9-7-6-8-15(17)20/h6-9,11,13,16H,4-5,10,12H2,1-3H3/t13?,16-/m0/s1. The van der Waals surface area contributed by atoms with Crippen LogP contribution in [0.15, 0.2) is 36.1 Å². The van der Waals surface area contributed by atoms with Crippen molar-refractivity contribution in [3.05, 3.63) is 41.1 Å². The molecule has 0 aromatic heterocycles. The molecule has 1 unspecified atom stereocenters. The lowest BCUT2D eigenvalue weighted by Gasteiger charge is -2.28. The van der Waals surface area contributed by atoms with E-state index >= 15 is 0 Å². The third-order valence-electron chi connectivity index (χ3n) is 4.23. The highest BCUT2D eigenvalue weighted by molar-refractivity contribution is 6.32. The molecule has 2 rings (SSSR count). The van der Waals surface area contributed by atoms with Crippen molar-refractivity contribution < 1.29 is 19.1 Å². The molecule has 1 aromatic carbocycles. The second kappa shape index (κ2) is 8.90. The molecule has 2 atom stereocenters. The number of nitrogens with zero attached hydrogens (tertiary/aromatic N) is 1. The van der Waals surface area contributed by atoms with Crippen molar-refractivity contribution in [2.75, 3.05) is 13.2 Å². The molecular formula is C19H24ClNO4. The highest BCUT2D eigenvalue weighted by atomic mass is 35.5. The Hall–Kier alpha value is -2.01. The van der Waals surface area contributed by atoms with Crippen LogP contribution in [0.1, 0.15) is 33.6 Å². The van der Waals surface area contributed by atoms with Crippen LogP contribution < -0.4 is 4.74 Å². The van der Waals surface area contributed by atoms with Gasteiger partial charge in [-0.3, -0.25) is 4.79 Å². The molecule has 25 heavy (non-hydrogen) atoms. The van der Waals surface area contributed by atoms with E-state index in [2.05, 4.69) is 13.8 Å². The van der Waals surface area contributed by atoms with Gasteiger partial charge in [-0.1, -0.05) is 44.0 Å². The predicted molar refractivity (Wildman–Crippen MR) is 96.4 cm³/mol. The van der Waals surface area contributed by atoms with Crippen LogP contribution in [-0.4, -0.2) is 36.0 Å². The fourth-order valence-electron chi connectivity index (χ4n) is 2.64. The Kier molecular flexibility index (Phi) is 6.88. The summed E-state index contributed by atoms with van der Waals surface area (Å²) in [6.45, 7) is 6.39. The van der Waals surface area contributed by atoms with Gasteiger partial charge < -0.3 is 14.4 Å². The zero-order valence-corrected chi connectivity index (χ0v) is 15.6. The minimum atomic E-state index is -0.606. The first-order valence-corrected chi connectivity index (χ1v) is 8.94. The lowest BCUT2D eigenvalue weighted by atomic mass is 9.98. The van der Waals surface area contributed by atoms with Gasteiger partial charge in [-0.2, -0.15) is 0 Å². The van der Waals surface area contributed by atoms with Crippen LogP contribution in [0.5, 0.6) is 5.75 Å². The van der Waals surface area contributed by atoms with E-state index < -0.39 is 6.04 Å². The predicted octanol–water partition coefficient (Wildman–Crippen LogP) is 3.81. The normalized spacial score (nSPS) is 16.4. The molecule has 1 amide bonds. The molecule has 5 nitrogen and oxygen atoms in total. The molecule has 0 saturated heterocycles. The van der Waals surface area contributed by atoms with E-state index in [-0.39, 0.29) is 25.0 Å². The summed E-state index contributed by atoms with van der Waals surface area (Å²) in [5.41, 5.74) is 0. The van der Waals surface area contributed by atoms with Crippen LogP contribution in [0.25, 0.3) is 0 Å². The van der Waals surface area contributed by atoms with Gasteiger partial charge in [0, 0.05) is 6.08 Å². The molecule has 0 bridgehead atoms. The molecule has 0 saturated carbocycles. The van der Waals surface area contributed by atoms with Crippen LogP contribution in [-0.2, 0) is 14.3 Å². The van der Waals surface area contributed by atoms with Crippen molar-refractivity contribution in [3.63, 3.8) is 0 Å². The Morgan fingerprint density at radius 2 is 2.04 bits per heavy atom. The van der Waals surface area contributed by atoms with Crippen LogP contribution in [0.3, 0.4) is 0 Å². The summed E-state index contributed by atoms with van der Waals surface area (Å²) in [5, 5.41) is 0.468. The number of halogens is 1. The highest BCUT2D eigenvalue weighted by Gasteiger charge is 2.35. The van der Waals surface area contributed by atoms with E-state index in [9.17, 15) is 9.59 Å². The van der Waals surface area contributed by atoms with Crippen molar-refractivity contribution in [2.45, 2.75) is 39.7 Å². The molecule has 0 aliphatic carbocycles. The molecule has 1 aliphatic heterocycles. The topological polar surface area (TPSA) is 55.8 Å². The number of benzene rings is 1. The number of esters is 1. The average molecular weight is 366 g/mol. The van der Waals surface area contributed by atoms with Gasteiger partial charge in [0.15, 0.2) is 0 Å². The Morgan fingerprint density at radius 1 is 1.32 bits per heavy atom. The Bertz CT molecular complexity index is 659. The third kappa shape index (κ3) is 4.98. The summed E-state index contributed by atoms with van der Waals surface area (Å²) < 4.78 is 10.9. The van der Waals surface area contributed by atoms with Crippen LogP contribution in [0, 0.1) is 5.92 Å². The molecule has 0 radical (unpaired) electrons. The quantitative estimate of drug-likeness (QED) is 0.657. The second-order valence-corrected chi connectivity index (χ2v) is 6.53. The van der Waals surface area contributed by atoms with E-state index in [0.717, 1.165) is 6.42 Å². The zero-order chi connectivity index (χ0) is 18.4. The highest BCUT2D eigenvalue weighted by Crippen LogP contribution is 2.28. The largest absolute Gasteiger partial charge is 0.464 e. The van der Waals surface area contributed by atoms with Crippen LogP contribution in [0.4, 0.5) is 0 Å². The maximum absolute atomic E-state index is 12.4. The van der Waals surface area contributed by atoms with Gasteiger partial charge in [0.25, 0.3) is 5.91 Å². The molecule has 1 aliphatic rings. The second-order valence-electron chi connectivity index (χ2n) is 6.13. The number of hydrogen-bond donors (Lipinski definition) is 0. The first-order valence-electron chi connectivity index (χ1n) is 8.56. The summed E-state index contributed by atoms with van der Waals surface area (Å²) in [4.78, 5) is 26.3. The first-order chi connectivity index (χ1) is 12.0. The summed E-state index contributed by atoms with van der Waals surface area (Å²) in [5.74, 6) is 0.638.